The number of nitrogens with one attached hydrogen (secondary N) is 1. The van der Waals surface area contributed by atoms with Crippen LogP contribution in [0.25, 0.3) is 0 Å². The summed E-state index contributed by atoms with van der Waals surface area (Å²) in [7, 11) is 1.65. The summed E-state index contributed by atoms with van der Waals surface area (Å²) in [6, 6.07) is 11.6. The minimum atomic E-state index is -0.0876. The maximum atomic E-state index is 12.6. The van der Waals surface area contributed by atoms with Crippen molar-refractivity contribution in [3.63, 3.8) is 0 Å². The van der Waals surface area contributed by atoms with E-state index >= 15 is 0 Å². The van der Waals surface area contributed by atoms with Crippen molar-refractivity contribution in [1.82, 2.24) is 5.32 Å². The van der Waals surface area contributed by atoms with Crippen LogP contribution in [0.1, 0.15) is 33.5 Å². The van der Waals surface area contributed by atoms with Gasteiger partial charge in [0.25, 0.3) is 5.91 Å². The fraction of sp³-hybridized carbons (Fsp3) is 0.333. The molecule has 0 bridgehead atoms. The first-order chi connectivity index (χ1) is 12.7. The molecule has 134 valence electrons. The number of para-hydroxylation sites is 1. The maximum Gasteiger partial charge on any atom is 0.251 e. The summed E-state index contributed by atoms with van der Waals surface area (Å²) in [6.45, 7) is 1.33. The van der Waals surface area contributed by atoms with Crippen LogP contribution in [0.4, 0.5) is 5.69 Å². The van der Waals surface area contributed by atoms with Crippen LogP contribution in [0.2, 0.25) is 0 Å². The Morgan fingerprint density at radius 1 is 1.23 bits per heavy atom. The van der Waals surface area contributed by atoms with E-state index in [9.17, 15) is 9.59 Å². The largest absolute Gasteiger partial charge is 0.496 e. The number of benzene rings is 2. The van der Waals surface area contributed by atoms with Gasteiger partial charge in [0, 0.05) is 18.7 Å². The molecule has 0 saturated carbocycles. The van der Waals surface area contributed by atoms with Crippen LogP contribution in [0.5, 0.6) is 5.75 Å². The number of carbonyl (C=O) groups is 2. The van der Waals surface area contributed by atoms with Crippen LogP contribution in [-0.2, 0) is 24.1 Å². The number of aryl methyl sites for hydroxylation is 1. The third kappa shape index (κ3) is 2.94. The molecule has 2 aromatic rings. The number of hydrogen-bond donors (Lipinski definition) is 1. The zero-order chi connectivity index (χ0) is 18.1. The third-order valence-corrected chi connectivity index (χ3v) is 5.14. The first-order valence-corrected chi connectivity index (χ1v) is 9.03. The number of hydrogen-bond acceptors (Lipinski definition) is 3. The van der Waals surface area contributed by atoms with Crippen molar-refractivity contribution < 1.29 is 14.3 Å². The average Bonchev–Trinajstić information content (AvgIpc) is 2.99. The van der Waals surface area contributed by atoms with Crippen LogP contribution in [0, 0.1) is 0 Å². The van der Waals surface area contributed by atoms with E-state index in [1.165, 1.54) is 0 Å². The van der Waals surface area contributed by atoms with Crippen molar-refractivity contribution in [3.05, 3.63) is 58.7 Å². The summed E-state index contributed by atoms with van der Waals surface area (Å²) in [5, 5.41) is 2.99. The predicted octanol–water partition coefficient (Wildman–Crippen LogP) is 2.50. The monoisotopic (exact) mass is 350 g/mol. The van der Waals surface area contributed by atoms with Crippen LogP contribution < -0.4 is 15.0 Å². The van der Waals surface area contributed by atoms with Gasteiger partial charge in [-0.25, -0.2) is 0 Å². The molecule has 2 aromatic carbocycles. The molecule has 5 heteroatoms. The molecule has 2 aliphatic rings. The Kier molecular flexibility index (Phi) is 4.37. The maximum absolute atomic E-state index is 12.6. The molecule has 0 radical (unpaired) electrons. The van der Waals surface area contributed by atoms with E-state index in [1.807, 2.05) is 41.3 Å². The van der Waals surface area contributed by atoms with E-state index in [4.69, 9.17) is 4.74 Å². The van der Waals surface area contributed by atoms with Gasteiger partial charge in [0.05, 0.1) is 19.2 Å². The Labute approximate surface area is 153 Å². The second-order valence-corrected chi connectivity index (χ2v) is 6.79. The van der Waals surface area contributed by atoms with E-state index in [2.05, 4.69) is 5.32 Å². The van der Waals surface area contributed by atoms with Gasteiger partial charge in [-0.3, -0.25) is 9.59 Å². The lowest BCUT2D eigenvalue weighted by Crippen LogP contribution is -2.31. The van der Waals surface area contributed by atoms with Crippen LogP contribution in [-0.4, -0.2) is 32.0 Å². The Morgan fingerprint density at radius 2 is 2.04 bits per heavy atom. The molecule has 26 heavy (non-hydrogen) atoms. The first kappa shape index (κ1) is 16.6. The van der Waals surface area contributed by atoms with Crippen molar-refractivity contribution in [2.24, 2.45) is 0 Å². The molecule has 0 saturated heterocycles. The summed E-state index contributed by atoms with van der Waals surface area (Å²) < 4.78 is 5.35. The lowest BCUT2D eigenvalue weighted by molar-refractivity contribution is -0.117. The van der Waals surface area contributed by atoms with Gasteiger partial charge in [-0.2, -0.15) is 0 Å². The van der Waals surface area contributed by atoms with E-state index in [-0.39, 0.29) is 11.8 Å². The van der Waals surface area contributed by atoms with E-state index < -0.39 is 0 Å². The van der Waals surface area contributed by atoms with Gasteiger partial charge in [0.1, 0.15) is 5.75 Å². The molecule has 1 N–H and O–H groups in total. The number of rotatable bonds is 5. The topological polar surface area (TPSA) is 58.6 Å². The van der Waals surface area contributed by atoms with Gasteiger partial charge < -0.3 is 15.0 Å². The van der Waals surface area contributed by atoms with Gasteiger partial charge in [-0.15, -0.1) is 0 Å². The van der Waals surface area contributed by atoms with Gasteiger partial charge in [0.2, 0.25) is 5.91 Å². The molecule has 5 nitrogen and oxygen atoms in total. The van der Waals surface area contributed by atoms with Crippen LogP contribution >= 0.6 is 0 Å². The fourth-order valence-electron chi connectivity index (χ4n) is 3.93. The van der Waals surface area contributed by atoms with E-state index in [0.29, 0.717) is 24.9 Å². The minimum absolute atomic E-state index is 0.0876. The highest BCUT2D eigenvalue weighted by Crippen LogP contribution is 2.37. The van der Waals surface area contributed by atoms with Crippen molar-refractivity contribution in [1.29, 1.82) is 0 Å². The number of anilines is 1. The molecule has 0 unspecified atom stereocenters. The van der Waals surface area contributed by atoms with E-state index in [0.717, 1.165) is 47.5 Å². The highest BCUT2D eigenvalue weighted by Gasteiger charge is 2.32. The van der Waals surface area contributed by atoms with Crippen molar-refractivity contribution in [3.8, 4) is 5.75 Å². The smallest absolute Gasteiger partial charge is 0.251 e. The Hall–Kier alpha value is -2.82. The summed E-state index contributed by atoms with van der Waals surface area (Å²) in [4.78, 5) is 26.6. The molecule has 0 spiro atoms. The average molecular weight is 350 g/mol. The number of nitrogens with zero attached hydrogens (tertiary/aromatic N) is 1. The lowest BCUT2D eigenvalue weighted by Gasteiger charge is -2.25. The summed E-state index contributed by atoms with van der Waals surface area (Å²) in [5.41, 5.74) is 4.87. The molecule has 2 aliphatic heterocycles. The highest BCUT2D eigenvalue weighted by molar-refractivity contribution is 6.04. The van der Waals surface area contributed by atoms with Crippen molar-refractivity contribution >= 4 is 17.5 Å². The van der Waals surface area contributed by atoms with Crippen LogP contribution in [0.3, 0.4) is 0 Å². The number of carbonyl (C=O) groups excluding carboxylic acids is 2. The molecule has 0 aromatic heterocycles. The second kappa shape index (κ2) is 6.83. The molecule has 0 aliphatic carbocycles. The molecule has 2 amide bonds. The number of methoxy groups -OCH3 is 1. The minimum Gasteiger partial charge on any atom is -0.496 e. The number of amides is 2. The van der Waals surface area contributed by atoms with Crippen molar-refractivity contribution in [2.45, 2.75) is 25.7 Å². The standard InChI is InChI=1S/C21H22N2O3/c1-26-18-7-3-2-5-14(18)8-9-22-21(25)17-11-15-6-4-10-23-19(24)13-16(12-17)20(15)23/h2-3,5,7,11-12H,4,6,8-10,13H2,1H3,(H,22,25). The Balaban J connectivity index is 1.46. The lowest BCUT2D eigenvalue weighted by atomic mass is 9.96. The first-order valence-electron chi connectivity index (χ1n) is 9.03. The van der Waals surface area contributed by atoms with Gasteiger partial charge in [-0.1, -0.05) is 18.2 Å². The van der Waals surface area contributed by atoms with E-state index in [1.54, 1.807) is 7.11 Å². The predicted molar refractivity (Wildman–Crippen MR) is 99.9 cm³/mol. The van der Waals surface area contributed by atoms with Gasteiger partial charge in [0.15, 0.2) is 0 Å². The zero-order valence-corrected chi connectivity index (χ0v) is 14.9. The molecule has 4 rings (SSSR count). The zero-order valence-electron chi connectivity index (χ0n) is 14.9. The van der Waals surface area contributed by atoms with Gasteiger partial charge in [-0.05, 0) is 54.2 Å². The van der Waals surface area contributed by atoms with Gasteiger partial charge >= 0.3 is 0 Å². The molecule has 2 heterocycles. The quantitative estimate of drug-likeness (QED) is 0.901. The summed E-state index contributed by atoms with van der Waals surface area (Å²) >= 11 is 0. The normalized spacial score (nSPS) is 15.0. The SMILES string of the molecule is COc1ccccc1CCNC(=O)c1cc2c3c(c1)CC(=O)N3CCC2. The van der Waals surface area contributed by atoms with Crippen LogP contribution in [0.15, 0.2) is 36.4 Å². The molecule has 0 fully saturated rings. The molecule has 0 atom stereocenters. The number of ether oxygens (including phenoxy) is 1. The second-order valence-electron chi connectivity index (χ2n) is 6.79. The Bertz CT molecular complexity index is 876. The highest BCUT2D eigenvalue weighted by atomic mass is 16.5. The molecular weight excluding hydrogens is 328 g/mol. The Morgan fingerprint density at radius 3 is 2.88 bits per heavy atom. The van der Waals surface area contributed by atoms with Crippen molar-refractivity contribution in [2.75, 3.05) is 25.1 Å². The fourth-order valence-corrected chi connectivity index (χ4v) is 3.93. The molecular formula is C21H22N2O3. The summed E-state index contributed by atoms with van der Waals surface area (Å²) in [6.07, 6.45) is 3.00. The summed E-state index contributed by atoms with van der Waals surface area (Å²) in [5.74, 6) is 0.896. The third-order valence-electron chi connectivity index (χ3n) is 5.14.